The van der Waals surface area contributed by atoms with Gasteiger partial charge in [0.2, 0.25) is 5.91 Å². The minimum Gasteiger partial charge on any atom is -0.336 e. The van der Waals surface area contributed by atoms with Crippen LogP contribution in [-0.4, -0.2) is 28.4 Å². The van der Waals surface area contributed by atoms with E-state index in [2.05, 4.69) is 13.8 Å². The Morgan fingerprint density at radius 3 is 2.47 bits per heavy atom. The third-order valence-corrected chi connectivity index (χ3v) is 4.03. The van der Waals surface area contributed by atoms with E-state index in [1.165, 1.54) is 0 Å². The van der Waals surface area contributed by atoms with Crippen LogP contribution in [0.5, 0.6) is 0 Å². The van der Waals surface area contributed by atoms with Crippen molar-refractivity contribution in [3.05, 3.63) is 0 Å². The Balaban J connectivity index is 2.13. The molecule has 1 unspecified atom stereocenters. The molecule has 0 aromatic heterocycles. The standard InChI is InChI=1S/C12H22N2O/c1-11(2)7-4-8-14(11)10(15)12(3,13)9-5-6-9/h9H,4-8,13H2,1-3H3. The average molecular weight is 210 g/mol. The van der Waals surface area contributed by atoms with E-state index in [9.17, 15) is 4.79 Å². The molecule has 2 N–H and O–H groups in total. The minimum absolute atomic E-state index is 0.00655. The van der Waals surface area contributed by atoms with Gasteiger partial charge < -0.3 is 10.6 Å². The van der Waals surface area contributed by atoms with E-state index >= 15 is 0 Å². The molecule has 1 amide bonds. The third-order valence-electron chi connectivity index (χ3n) is 4.03. The summed E-state index contributed by atoms with van der Waals surface area (Å²) in [5.74, 6) is 0.578. The molecule has 3 nitrogen and oxygen atoms in total. The highest BCUT2D eigenvalue weighted by Gasteiger charge is 2.49. The van der Waals surface area contributed by atoms with E-state index < -0.39 is 5.54 Å². The summed E-state index contributed by atoms with van der Waals surface area (Å²) in [5, 5.41) is 0. The molecule has 1 aliphatic carbocycles. The van der Waals surface area contributed by atoms with Gasteiger partial charge in [0.25, 0.3) is 0 Å². The molecule has 1 aliphatic heterocycles. The second-order valence-electron chi connectivity index (χ2n) is 5.93. The number of carbonyl (C=O) groups excluding carboxylic acids is 1. The number of rotatable bonds is 2. The Labute approximate surface area is 92.0 Å². The van der Waals surface area contributed by atoms with Gasteiger partial charge in [-0.25, -0.2) is 0 Å². The van der Waals surface area contributed by atoms with Gasteiger partial charge in [0, 0.05) is 12.1 Å². The molecule has 0 spiro atoms. The van der Waals surface area contributed by atoms with Gasteiger partial charge >= 0.3 is 0 Å². The molecule has 2 fully saturated rings. The van der Waals surface area contributed by atoms with Crippen molar-refractivity contribution in [1.82, 2.24) is 4.90 Å². The third kappa shape index (κ3) is 1.78. The number of nitrogens with two attached hydrogens (primary N) is 1. The van der Waals surface area contributed by atoms with Crippen LogP contribution in [0.1, 0.15) is 46.5 Å². The van der Waals surface area contributed by atoms with Crippen molar-refractivity contribution in [3.8, 4) is 0 Å². The predicted octanol–water partition coefficient (Wildman–Crippen LogP) is 1.51. The van der Waals surface area contributed by atoms with Gasteiger partial charge in [0.05, 0.1) is 5.54 Å². The Morgan fingerprint density at radius 2 is 2.07 bits per heavy atom. The van der Waals surface area contributed by atoms with Crippen LogP contribution in [0.25, 0.3) is 0 Å². The van der Waals surface area contributed by atoms with E-state index in [1.807, 2.05) is 11.8 Å². The summed E-state index contributed by atoms with van der Waals surface area (Å²) in [7, 11) is 0. The van der Waals surface area contributed by atoms with Crippen molar-refractivity contribution in [3.63, 3.8) is 0 Å². The molecule has 1 atom stereocenters. The molecule has 0 bridgehead atoms. The lowest BCUT2D eigenvalue weighted by atomic mass is 9.93. The quantitative estimate of drug-likeness (QED) is 0.751. The number of likely N-dealkylation sites (tertiary alicyclic amines) is 1. The van der Waals surface area contributed by atoms with Crippen LogP contribution in [0.2, 0.25) is 0 Å². The maximum Gasteiger partial charge on any atom is 0.243 e. The highest BCUT2D eigenvalue weighted by atomic mass is 16.2. The Bertz CT molecular complexity index is 279. The Hall–Kier alpha value is -0.570. The molecule has 0 aromatic carbocycles. The maximum absolute atomic E-state index is 12.4. The Kier molecular flexibility index (Phi) is 2.34. The van der Waals surface area contributed by atoms with Crippen LogP contribution in [0.4, 0.5) is 0 Å². The molecule has 0 radical (unpaired) electrons. The number of nitrogens with zero attached hydrogens (tertiary/aromatic N) is 1. The van der Waals surface area contributed by atoms with Crippen molar-refractivity contribution >= 4 is 5.91 Å². The van der Waals surface area contributed by atoms with Gasteiger partial charge in [-0.3, -0.25) is 4.79 Å². The Morgan fingerprint density at radius 1 is 1.47 bits per heavy atom. The summed E-state index contributed by atoms with van der Waals surface area (Å²) >= 11 is 0. The van der Waals surface area contributed by atoms with E-state index in [0.717, 1.165) is 32.2 Å². The SMILES string of the molecule is CC(N)(C(=O)N1CCCC1(C)C)C1CC1. The number of amides is 1. The zero-order chi connectivity index (χ0) is 11.3. The monoisotopic (exact) mass is 210 g/mol. The van der Waals surface area contributed by atoms with Crippen LogP contribution in [0.15, 0.2) is 0 Å². The number of hydrogen-bond acceptors (Lipinski definition) is 2. The van der Waals surface area contributed by atoms with E-state index in [-0.39, 0.29) is 11.4 Å². The summed E-state index contributed by atoms with van der Waals surface area (Å²) in [6.45, 7) is 7.06. The van der Waals surface area contributed by atoms with Gasteiger partial charge in [-0.05, 0) is 52.4 Å². The fourth-order valence-electron chi connectivity index (χ4n) is 2.63. The second kappa shape index (κ2) is 3.21. The molecule has 1 saturated heterocycles. The van der Waals surface area contributed by atoms with Gasteiger partial charge in [-0.2, -0.15) is 0 Å². The second-order valence-corrected chi connectivity index (χ2v) is 5.93. The fourth-order valence-corrected chi connectivity index (χ4v) is 2.63. The maximum atomic E-state index is 12.4. The molecule has 3 heteroatoms. The van der Waals surface area contributed by atoms with Crippen molar-refractivity contribution in [2.75, 3.05) is 6.54 Å². The zero-order valence-corrected chi connectivity index (χ0v) is 10.0. The topological polar surface area (TPSA) is 46.3 Å². The molecular weight excluding hydrogens is 188 g/mol. The lowest BCUT2D eigenvalue weighted by Gasteiger charge is -2.37. The van der Waals surface area contributed by atoms with E-state index in [4.69, 9.17) is 5.73 Å². The zero-order valence-electron chi connectivity index (χ0n) is 10.0. The van der Waals surface area contributed by atoms with Gasteiger partial charge in [0.1, 0.15) is 0 Å². The average Bonchev–Trinajstić information content (AvgIpc) is 2.90. The first kappa shape index (κ1) is 10.9. The van der Waals surface area contributed by atoms with Crippen LogP contribution in [-0.2, 0) is 4.79 Å². The molecular formula is C12H22N2O. The summed E-state index contributed by atoms with van der Waals surface area (Å²) in [5.41, 5.74) is 5.56. The number of carbonyl (C=O) groups is 1. The highest BCUT2D eigenvalue weighted by molar-refractivity contribution is 5.87. The van der Waals surface area contributed by atoms with Crippen LogP contribution < -0.4 is 5.73 Å². The van der Waals surface area contributed by atoms with Crippen LogP contribution >= 0.6 is 0 Å². The van der Waals surface area contributed by atoms with Crippen molar-refractivity contribution in [1.29, 1.82) is 0 Å². The smallest absolute Gasteiger partial charge is 0.243 e. The molecule has 86 valence electrons. The lowest BCUT2D eigenvalue weighted by molar-refractivity contribution is -0.140. The normalized spacial score (nSPS) is 28.9. The molecule has 0 aromatic rings. The van der Waals surface area contributed by atoms with E-state index in [1.54, 1.807) is 0 Å². The van der Waals surface area contributed by atoms with Crippen LogP contribution in [0, 0.1) is 5.92 Å². The van der Waals surface area contributed by atoms with Gasteiger partial charge in [-0.1, -0.05) is 0 Å². The lowest BCUT2D eigenvalue weighted by Crippen LogP contribution is -2.58. The van der Waals surface area contributed by atoms with Crippen molar-refractivity contribution in [2.45, 2.75) is 57.5 Å². The molecule has 2 rings (SSSR count). The summed E-state index contributed by atoms with van der Waals surface area (Å²) in [6, 6.07) is 0. The summed E-state index contributed by atoms with van der Waals surface area (Å²) < 4.78 is 0. The highest BCUT2D eigenvalue weighted by Crippen LogP contribution is 2.41. The first-order chi connectivity index (χ1) is 6.86. The van der Waals surface area contributed by atoms with Crippen LogP contribution in [0.3, 0.4) is 0 Å². The molecule has 15 heavy (non-hydrogen) atoms. The van der Waals surface area contributed by atoms with Gasteiger partial charge in [-0.15, -0.1) is 0 Å². The molecule has 2 aliphatic rings. The number of hydrogen-bond donors (Lipinski definition) is 1. The van der Waals surface area contributed by atoms with E-state index in [0.29, 0.717) is 5.92 Å². The first-order valence-electron chi connectivity index (χ1n) is 5.96. The fraction of sp³-hybridized carbons (Fsp3) is 0.917. The molecule has 1 saturated carbocycles. The largest absolute Gasteiger partial charge is 0.336 e. The van der Waals surface area contributed by atoms with Crippen molar-refractivity contribution < 1.29 is 4.79 Å². The van der Waals surface area contributed by atoms with Gasteiger partial charge in [0.15, 0.2) is 0 Å². The first-order valence-corrected chi connectivity index (χ1v) is 5.96. The summed E-state index contributed by atoms with van der Waals surface area (Å²) in [4.78, 5) is 14.4. The summed E-state index contributed by atoms with van der Waals surface area (Å²) in [6.07, 6.45) is 4.44. The minimum atomic E-state index is -0.623. The predicted molar refractivity (Wildman–Crippen MR) is 60.3 cm³/mol. The molecule has 1 heterocycles. The van der Waals surface area contributed by atoms with Crippen molar-refractivity contribution in [2.24, 2.45) is 11.7 Å².